The molecule has 0 bridgehead atoms. The number of fused-ring (bicyclic) bond motifs is 2. The maximum Gasteiger partial charge on any atom is 0.339 e. The number of hydrogen-bond acceptors (Lipinski definition) is 6. The average Bonchev–Trinajstić information content (AvgIpc) is 2.82. The molecule has 0 saturated heterocycles. The number of ketones is 2. The number of carbonyl (C=O) groups excluding carboxylic acids is 4. The van der Waals surface area contributed by atoms with E-state index >= 15 is 0 Å². The number of rotatable bonds is 6. The van der Waals surface area contributed by atoms with Crippen LogP contribution in [0.1, 0.15) is 49.1 Å². The maximum absolute atomic E-state index is 13.0. The second-order valence-electron chi connectivity index (χ2n) is 6.99. The maximum atomic E-state index is 13.0. The highest BCUT2D eigenvalue weighted by Crippen LogP contribution is 2.30. The molecule has 0 spiro atoms. The molecule has 0 aromatic heterocycles. The Morgan fingerprint density at radius 1 is 0.812 bits per heavy atom. The van der Waals surface area contributed by atoms with Crippen molar-refractivity contribution in [3.05, 3.63) is 94.5 Å². The first-order chi connectivity index (χ1) is 15.5. The average molecular weight is 429 g/mol. The Hall–Kier alpha value is -4.26. The van der Waals surface area contributed by atoms with E-state index in [0.29, 0.717) is 23.6 Å². The van der Waals surface area contributed by atoms with Gasteiger partial charge in [0.2, 0.25) is 0 Å². The van der Waals surface area contributed by atoms with Crippen LogP contribution in [0, 0.1) is 0 Å². The molecule has 0 unspecified atom stereocenters. The first-order valence-electron chi connectivity index (χ1n) is 10.0. The van der Waals surface area contributed by atoms with E-state index in [9.17, 15) is 19.2 Å². The zero-order valence-corrected chi connectivity index (χ0v) is 17.2. The first kappa shape index (κ1) is 21.0. The SMILES string of the molecule is CCOc1ccccc1NC(=O)COC(=O)c1cccc2c1C(=O)c1ccccc1C2=O. The van der Waals surface area contributed by atoms with E-state index in [1.165, 1.54) is 18.2 Å². The molecular formula is C25H19NO6. The lowest BCUT2D eigenvalue weighted by Gasteiger charge is -2.19. The van der Waals surface area contributed by atoms with Crippen molar-refractivity contribution < 1.29 is 28.7 Å². The summed E-state index contributed by atoms with van der Waals surface area (Å²) in [6.45, 7) is 1.68. The van der Waals surface area contributed by atoms with E-state index in [1.807, 2.05) is 6.92 Å². The number of esters is 1. The van der Waals surface area contributed by atoms with E-state index in [0.717, 1.165) is 0 Å². The topological polar surface area (TPSA) is 98.8 Å². The summed E-state index contributed by atoms with van der Waals surface area (Å²) in [6, 6.07) is 17.8. The smallest absolute Gasteiger partial charge is 0.339 e. The van der Waals surface area contributed by atoms with Gasteiger partial charge in [0.1, 0.15) is 5.75 Å². The molecule has 0 aliphatic heterocycles. The summed E-state index contributed by atoms with van der Waals surface area (Å²) in [6.07, 6.45) is 0. The molecule has 1 N–H and O–H groups in total. The van der Waals surface area contributed by atoms with Gasteiger partial charge in [-0.15, -0.1) is 0 Å². The van der Waals surface area contributed by atoms with Crippen molar-refractivity contribution in [3.63, 3.8) is 0 Å². The van der Waals surface area contributed by atoms with E-state index in [1.54, 1.807) is 48.5 Å². The summed E-state index contributed by atoms with van der Waals surface area (Å²) in [5, 5.41) is 2.63. The van der Waals surface area contributed by atoms with Crippen molar-refractivity contribution in [1.29, 1.82) is 0 Å². The van der Waals surface area contributed by atoms with Crippen molar-refractivity contribution in [2.24, 2.45) is 0 Å². The van der Waals surface area contributed by atoms with Gasteiger partial charge in [-0.3, -0.25) is 14.4 Å². The normalized spacial score (nSPS) is 11.9. The number of carbonyl (C=O) groups is 4. The molecular weight excluding hydrogens is 410 g/mol. The molecule has 0 atom stereocenters. The largest absolute Gasteiger partial charge is 0.492 e. The van der Waals surface area contributed by atoms with Crippen molar-refractivity contribution in [2.45, 2.75) is 6.92 Å². The van der Waals surface area contributed by atoms with Crippen molar-refractivity contribution in [1.82, 2.24) is 0 Å². The van der Waals surface area contributed by atoms with Gasteiger partial charge in [0.25, 0.3) is 5.91 Å². The molecule has 7 heteroatoms. The Balaban J connectivity index is 1.51. The van der Waals surface area contributed by atoms with Gasteiger partial charge in [0.15, 0.2) is 18.2 Å². The lowest BCUT2D eigenvalue weighted by Crippen LogP contribution is -2.26. The molecule has 0 radical (unpaired) electrons. The molecule has 0 heterocycles. The molecule has 3 aromatic rings. The van der Waals surface area contributed by atoms with Crippen LogP contribution in [0.4, 0.5) is 5.69 Å². The summed E-state index contributed by atoms with van der Waals surface area (Å²) in [7, 11) is 0. The van der Waals surface area contributed by atoms with Gasteiger partial charge in [0.05, 0.1) is 17.9 Å². The van der Waals surface area contributed by atoms with Gasteiger partial charge in [-0.2, -0.15) is 0 Å². The van der Waals surface area contributed by atoms with E-state index in [-0.39, 0.29) is 28.0 Å². The zero-order valence-electron chi connectivity index (χ0n) is 17.2. The number of hydrogen-bond donors (Lipinski definition) is 1. The van der Waals surface area contributed by atoms with Gasteiger partial charge in [-0.25, -0.2) is 4.79 Å². The Kier molecular flexibility index (Phi) is 5.81. The van der Waals surface area contributed by atoms with Gasteiger partial charge in [-0.1, -0.05) is 48.5 Å². The van der Waals surface area contributed by atoms with Crippen LogP contribution in [-0.2, 0) is 9.53 Å². The molecule has 32 heavy (non-hydrogen) atoms. The minimum absolute atomic E-state index is 0.0108. The number of benzene rings is 3. The minimum Gasteiger partial charge on any atom is -0.492 e. The Bertz CT molecular complexity index is 1250. The van der Waals surface area contributed by atoms with E-state index in [4.69, 9.17) is 9.47 Å². The lowest BCUT2D eigenvalue weighted by atomic mass is 9.82. The van der Waals surface area contributed by atoms with Gasteiger partial charge >= 0.3 is 5.97 Å². The van der Waals surface area contributed by atoms with Gasteiger partial charge in [0, 0.05) is 22.3 Å². The summed E-state index contributed by atoms with van der Waals surface area (Å²) < 4.78 is 10.6. The summed E-state index contributed by atoms with van der Waals surface area (Å²) in [5.41, 5.74) is 1.04. The fraction of sp³-hybridized carbons (Fsp3) is 0.120. The number of para-hydroxylation sites is 2. The first-order valence-corrected chi connectivity index (χ1v) is 10.0. The predicted molar refractivity (Wildman–Crippen MR) is 116 cm³/mol. The van der Waals surface area contributed by atoms with Gasteiger partial charge in [-0.05, 0) is 25.1 Å². The molecule has 1 amide bonds. The molecule has 160 valence electrons. The van der Waals surface area contributed by atoms with Crippen molar-refractivity contribution >= 4 is 29.1 Å². The molecule has 0 saturated carbocycles. The monoisotopic (exact) mass is 429 g/mol. The third-order valence-electron chi connectivity index (χ3n) is 4.97. The minimum atomic E-state index is -0.865. The van der Waals surface area contributed by atoms with Crippen LogP contribution < -0.4 is 10.1 Å². The standard InChI is InChI=1S/C25H19NO6/c1-2-31-20-13-6-5-12-19(20)26-21(27)14-32-25(30)18-11-7-10-17-22(18)24(29)16-9-4-3-8-15(16)23(17)28/h3-13H,2,14H2,1H3,(H,26,27). The van der Waals surface area contributed by atoms with Crippen LogP contribution in [0.15, 0.2) is 66.7 Å². The van der Waals surface area contributed by atoms with Crippen molar-refractivity contribution in [2.75, 3.05) is 18.5 Å². The molecule has 1 aliphatic carbocycles. The van der Waals surface area contributed by atoms with E-state index < -0.39 is 24.3 Å². The fourth-order valence-electron chi connectivity index (χ4n) is 3.56. The summed E-state index contributed by atoms with van der Waals surface area (Å²) in [4.78, 5) is 50.8. The van der Waals surface area contributed by atoms with Crippen LogP contribution in [0.2, 0.25) is 0 Å². The van der Waals surface area contributed by atoms with Gasteiger partial charge < -0.3 is 14.8 Å². The predicted octanol–water partition coefficient (Wildman–Crippen LogP) is 3.66. The Morgan fingerprint density at radius 3 is 2.22 bits per heavy atom. The third-order valence-corrected chi connectivity index (χ3v) is 4.97. The quantitative estimate of drug-likeness (QED) is 0.470. The van der Waals surface area contributed by atoms with Crippen LogP contribution in [0.5, 0.6) is 5.75 Å². The lowest BCUT2D eigenvalue weighted by molar-refractivity contribution is -0.119. The fourth-order valence-corrected chi connectivity index (χ4v) is 3.56. The van der Waals surface area contributed by atoms with E-state index in [2.05, 4.69) is 5.32 Å². The number of nitrogens with one attached hydrogen (secondary N) is 1. The van der Waals surface area contributed by atoms with Crippen LogP contribution in [0.3, 0.4) is 0 Å². The Morgan fingerprint density at radius 2 is 1.47 bits per heavy atom. The summed E-state index contributed by atoms with van der Waals surface area (Å²) in [5.74, 6) is -1.71. The molecule has 3 aromatic carbocycles. The highest BCUT2D eigenvalue weighted by molar-refractivity contribution is 6.30. The number of ether oxygens (including phenoxy) is 2. The van der Waals surface area contributed by atoms with Crippen molar-refractivity contribution in [3.8, 4) is 5.75 Å². The van der Waals surface area contributed by atoms with Crippen LogP contribution in [0.25, 0.3) is 0 Å². The number of amides is 1. The third kappa shape index (κ3) is 3.88. The second-order valence-corrected chi connectivity index (χ2v) is 6.99. The highest BCUT2D eigenvalue weighted by Gasteiger charge is 2.33. The molecule has 1 aliphatic rings. The molecule has 0 fully saturated rings. The molecule has 4 rings (SSSR count). The zero-order chi connectivity index (χ0) is 22.7. The second kappa shape index (κ2) is 8.85. The summed E-state index contributed by atoms with van der Waals surface area (Å²) >= 11 is 0. The number of anilines is 1. The van der Waals surface area contributed by atoms with Crippen LogP contribution in [-0.4, -0.2) is 36.7 Å². The molecule has 7 nitrogen and oxygen atoms in total. The van der Waals surface area contributed by atoms with Crippen LogP contribution >= 0.6 is 0 Å². The highest BCUT2D eigenvalue weighted by atomic mass is 16.5. The Labute approximate surface area is 184 Å².